The average Bonchev–Trinajstić information content (AvgIpc) is 3.42. The predicted octanol–water partition coefficient (Wildman–Crippen LogP) is 1.84. The standard InChI is InChI=1S/C17H21N5O3S/c18-15(23)12-7-11(20-21-12)10-3-1-5-22(9-10)17(24)14-8-19-16(26-14)13-4-2-6-25-13/h7-8,10,13H,1-6,9H2,(H2,18,23)(H,20,21). The average molecular weight is 375 g/mol. The molecule has 0 saturated carbocycles. The van der Waals surface area contributed by atoms with E-state index in [2.05, 4.69) is 15.2 Å². The van der Waals surface area contributed by atoms with E-state index >= 15 is 0 Å². The molecule has 2 fully saturated rings. The topological polar surface area (TPSA) is 114 Å². The third-order valence-corrected chi connectivity index (χ3v) is 6.02. The van der Waals surface area contributed by atoms with Crippen LogP contribution in [-0.2, 0) is 4.74 Å². The molecular weight excluding hydrogens is 354 g/mol. The number of aromatic nitrogens is 3. The van der Waals surface area contributed by atoms with Crippen LogP contribution < -0.4 is 5.73 Å². The second kappa shape index (κ2) is 7.16. The van der Waals surface area contributed by atoms with Crippen LogP contribution in [0.4, 0.5) is 0 Å². The van der Waals surface area contributed by atoms with Crippen LogP contribution in [0.15, 0.2) is 12.3 Å². The number of nitrogens with one attached hydrogen (secondary N) is 1. The molecule has 0 aromatic carbocycles. The van der Waals surface area contributed by atoms with Crippen LogP contribution >= 0.6 is 11.3 Å². The normalized spacial score (nSPS) is 23.3. The Labute approximate surface area is 154 Å². The summed E-state index contributed by atoms with van der Waals surface area (Å²) in [5.74, 6) is -0.424. The molecule has 0 spiro atoms. The Bertz CT molecular complexity index is 811. The first kappa shape index (κ1) is 17.2. The minimum atomic E-state index is -0.553. The number of hydrogen-bond donors (Lipinski definition) is 2. The summed E-state index contributed by atoms with van der Waals surface area (Å²) in [5.41, 5.74) is 6.34. The molecule has 0 bridgehead atoms. The molecule has 2 amide bonds. The number of amides is 2. The zero-order chi connectivity index (χ0) is 18.1. The van der Waals surface area contributed by atoms with Crippen molar-refractivity contribution in [3.63, 3.8) is 0 Å². The van der Waals surface area contributed by atoms with Gasteiger partial charge in [0.2, 0.25) is 0 Å². The Morgan fingerprint density at radius 2 is 2.23 bits per heavy atom. The van der Waals surface area contributed by atoms with E-state index in [0.717, 1.165) is 49.5 Å². The van der Waals surface area contributed by atoms with Gasteiger partial charge in [-0.2, -0.15) is 5.10 Å². The van der Waals surface area contributed by atoms with E-state index in [1.165, 1.54) is 11.3 Å². The Kier molecular flexibility index (Phi) is 4.73. The van der Waals surface area contributed by atoms with Gasteiger partial charge in [0.05, 0.1) is 6.20 Å². The summed E-state index contributed by atoms with van der Waals surface area (Å²) in [6, 6.07) is 1.68. The number of aromatic amines is 1. The third-order valence-electron chi connectivity index (χ3n) is 4.94. The lowest BCUT2D eigenvalue weighted by molar-refractivity contribution is 0.0710. The number of primary amides is 1. The summed E-state index contributed by atoms with van der Waals surface area (Å²) in [7, 11) is 0. The number of nitrogens with zero attached hydrogens (tertiary/aromatic N) is 3. The number of ether oxygens (including phenoxy) is 1. The van der Waals surface area contributed by atoms with Crippen molar-refractivity contribution in [3.05, 3.63) is 33.5 Å². The Hall–Kier alpha value is -2.26. The van der Waals surface area contributed by atoms with Gasteiger partial charge in [-0.1, -0.05) is 0 Å². The molecule has 2 aromatic rings. The van der Waals surface area contributed by atoms with E-state index in [9.17, 15) is 9.59 Å². The number of H-pyrrole nitrogens is 1. The van der Waals surface area contributed by atoms with E-state index < -0.39 is 5.91 Å². The molecule has 4 heterocycles. The molecule has 2 saturated heterocycles. The van der Waals surface area contributed by atoms with Crippen LogP contribution in [0.1, 0.15) is 68.6 Å². The van der Waals surface area contributed by atoms with Gasteiger partial charge in [-0.25, -0.2) is 4.98 Å². The molecule has 0 aliphatic carbocycles. The van der Waals surface area contributed by atoms with Gasteiger partial charge in [-0.15, -0.1) is 11.3 Å². The van der Waals surface area contributed by atoms with Crippen LogP contribution in [0.25, 0.3) is 0 Å². The molecule has 2 aromatic heterocycles. The SMILES string of the molecule is NC(=O)c1cc(C2CCCN(C(=O)c3cnc(C4CCCO4)s3)C2)[nH]n1. The molecule has 2 aliphatic rings. The van der Waals surface area contributed by atoms with E-state index in [-0.39, 0.29) is 23.6 Å². The van der Waals surface area contributed by atoms with E-state index in [0.29, 0.717) is 11.4 Å². The Morgan fingerprint density at radius 1 is 1.35 bits per heavy atom. The van der Waals surface area contributed by atoms with Crippen molar-refractivity contribution in [2.75, 3.05) is 19.7 Å². The number of piperidine rings is 1. The number of carbonyl (C=O) groups excluding carboxylic acids is 2. The lowest BCUT2D eigenvalue weighted by Crippen LogP contribution is -2.38. The number of hydrogen-bond acceptors (Lipinski definition) is 6. The third kappa shape index (κ3) is 3.36. The highest BCUT2D eigenvalue weighted by Crippen LogP contribution is 2.33. The van der Waals surface area contributed by atoms with Crippen molar-refractivity contribution in [2.45, 2.75) is 37.7 Å². The molecule has 2 unspecified atom stereocenters. The zero-order valence-electron chi connectivity index (χ0n) is 14.3. The van der Waals surface area contributed by atoms with Gasteiger partial charge in [0.25, 0.3) is 11.8 Å². The minimum absolute atomic E-state index is 0.00564. The minimum Gasteiger partial charge on any atom is -0.371 e. The molecule has 9 heteroatoms. The monoisotopic (exact) mass is 375 g/mol. The molecule has 4 rings (SSSR count). The zero-order valence-corrected chi connectivity index (χ0v) is 15.1. The number of carbonyl (C=O) groups is 2. The van der Waals surface area contributed by atoms with Crippen molar-refractivity contribution < 1.29 is 14.3 Å². The Balaban J connectivity index is 1.45. The fraction of sp³-hybridized carbons (Fsp3) is 0.529. The molecule has 2 atom stereocenters. The smallest absolute Gasteiger partial charge is 0.269 e. The van der Waals surface area contributed by atoms with E-state index in [4.69, 9.17) is 10.5 Å². The maximum Gasteiger partial charge on any atom is 0.269 e. The number of likely N-dealkylation sites (tertiary alicyclic amines) is 1. The number of rotatable bonds is 4. The van der Waals surface area contributed by atoms with Crippen molar-refractivity contribution in [1.29, 1.82) is 0 Å². The van der Waals surface area contributed by atoms with Crippen molar-refractivity contribution >= 4 is 23.2 Å². The van der Waals surface area contributed by atoms with Crippen LogP contribution in [-0.4, -0.2) is 51.6 Å². The lowest BCUT2D eigenvalue weighted by atomic mass is 9.94. The summed E-state index contributed by atoms with van der Waals surface area (Å²) in [6.45, 7) is 2.07. The first-order chi connectivity index (χ1) is 12.6. The van der Waals surface area contributed by atoms with Crippen LogP contribution in [0, 0.1) is 0 Å². The first-order valence-electron chi connectivity index (χ1n) is 8.83. The second-order valence-corrected chi connectivity index (χ2v) is 7.79. The lowest BCUT2D eigenvalue weighted by Gasteiger charge is -2.31. The van der Waals surface area contributed by atoms with Gasteiger partial charge >= 0.3 is 0 Å². The fourth-order valence-corrected chi connectivity index (χ4v) is 4.52. The predicted molar refractivity (Wildman–Crippen MR) is 95.0 cm³/mol. The summed E-state index contributed by atoms with van der Waals surface area (Å²) in [5, 5.41) is 7.71. The molecule has 138 valence electrons. The molecular formula is C17H21N5O3S. The molecule has 26 heavy (non-hydrogen) atoms. The van der Waals surface area contributed by atoms with Gasteiger partial charge in [-0.3, -0.25) is 14.7 Å². The summed E-state index contributed by atoms with van der Waals surface area (Å²) in [6.07, 6.45) is 5.54. The van der Waals surface area contributed by atoms with E-state index in [1.54, 1.807) is 12.3 Å². The number of nitrogens with two attached hydrogens (primary N) is 1. The number of thiazole rings is 1. The van der Waals surface area contributed by atoms with Gasteiger partial charge in [0, 0.05) is 31.3 Å². The maximum atomic E-state index is 12.9. The van der Waals surface area contributed by atoms with Crippen molar-refractivity contribution in [3.8, 4) is 0 Å². The van der Waals surface area contributed by atoms with Crippen LogP contribution in [0.5, 0.6) is 0 Å². The molecule has 2 aliphatic heterocycles. The molecule has 3 N–H and O–H groups in total. The second-order valence-electron chi connectivity index (χ2n) is 6.73. The fourth-order valence-electron chi connectivity index (χ4n) is 3.55. The highest BCUT2D eigenvalue weighted by atomic mass is 32.1. The van der Waals surface area contributed by atoms with Crippen LogP contribution in [0.3, 0.4) is 0 Å². The largest absolute Gasteiger partial charge is 0.371 e. The van der Waals surface area contributed by atoms with Gasteiger partial charge in [0.15, 0.2) is 0 Å². The van der Waals surface area contributed by atoms with Gasteiger partial charge in [-0.05, 0) is 31.7 Å². The quantitative estimate of drug-likeness (QED) is 0.846. The summed E-state index contributed by atoms with van der Waals surface area (Å²) in [4.78, 5) is 31.0. The highest BCUT2D eigenvalue weighted by Gasteiger charge is 2.29. The van der Waals surface area contributed by atoms with Crippen LogP contribution in [0.2, 0.25) is 0 Å². The summed E-state index contributed by atoms with van der Waals surface area (Å²) >= 11 is 1.43. The molecule has 8 nitrogen and oxygen atoms in total. The van der Waals surface area contributed by atoms with Crippen molar-refractivity contribution in [1.82, 2.24) is 20.1 Å². The highest BCUT2D eigenvalue weighted by molar-refractivity contribution is 7.13. The summed E-state index contributed by atoms with van der Waals surface area (Å²) < 4.78 is 5.65. The van der Waals surface area contributed by atoms with Gasteiger partial charge in [0.1, 0.15) is 21.7 Å². The molecule has 0 radical (unpaired) electrons. The maximum absolute atomic E-state index is 12.9. The first-order valence-corrected chi connectivity index (χ1v) is 9.65. The van der Waals surface area contributed by atoms with Gasteiger partial charge < -0.3 is 15.4 Å². The Morgan fingerprint density at radius 3 is 2.96 bits per heavy atom. The van der Waals surface area contributed by atoms with Crippen molar-refractivity contribution in [2.24, 2.45) is 5.73 Å². The van der Waals surface area contributed by atoms with E-state index in [1.807, 2.05) is 4.90 Å².